The number of carbonyl (C=O) groups is 1. The van der Waals surface area contributed by atoms with Gasteiger partial charge >= 0.3 is 5.97 Å². The number of anilines is 1. The van der Waals surface area contributed by atoms with Gasteiger partial charge in [0, 0.05) is 0 Å². The second kappa shape index (κ2) is 2.45. The van der Waals surface area contributed by atoms with Crippen LogP contribution in [0.5, 0.6) is 0 Å². The van der Waals surface area contributed by atoms with Crippen LogP contribution < -0.4 is 5.73 Å². The van der Waals surface area contributed by atoms with Gasteiger partial charge in [0.2, 0.25) is 5.95 Å². The van der Waals surface area contributed by atoms with Crippen molar-refractivity contribution in [3.63, 3.8) is 0 Å². The maximum absolute atomic E-state index is 11.0. The minimum atomic E-state index is -0.857. The van der Waals surface area contributed by atoms with Gasteiger partial charge in [-0.3, -0.25) is 9.89 Å². The van der Waals surface area contributed by atoms with Gasteiger partial charge in [0.1, 0.15) is 11.2 Å². The van der Waals surface area contributed by atoms with E-state index in [0.29, 0.717) is 18.7 Å². The van der Waals surface area contributed by atoms with Gasteiger partial charge in [0.15, 0.2) is 0 Å². The van der Waals surface area contributed by atoms with Crippen molar-refractivity contribution in [1.29, 1.82) is 0 Å². The zero-order valence-corrected chi connectivity index (χ0v) is 6.95. The lowest BCUT2D eigenvalue weighted by molar-refractivity contribution is -0.147. The first-order chi connectivity index (χ1) is 6.15. The summed E-state index contributed by atoms with van der Waals surface area (Å²) in [6, 6.07) is 0. The summed E-state index contributed by atoms with van der Waals surface area (Å²) < 4.78 is 0. The molecule has 0 unspecified atom stereocenters. The maximum atomic E-state index is 11.0. The van der Waals surface area contributed by atoms with E-state index in [0.717, 1.165) is 6.42 Å². The van der Waals surface area contributed by atoms with Gasteiger partial charge in [-0.1, -0.05) is 6.42 Å². The van der Waals surface area contributed by atoms with Crippen molar-refractivity contribution in [2.45, 2.75) is 24.7 Å². The van der Waals surface area contributed by atoms with Crippen LogP contribution in [0.4, 0.5) is 5.95 Å². The summed E-state index contributed by atoms with van der Waals surface area (Å²) in [5.74, 6) is -0.374. The minimum Gasteiger partial charge on any atom is -0.480 e. The number of aromatic amines is 1. The van der Waals surface area contributed by atoms with Crippen LogP contribution in [-0.2, 0) is 10.2 Å². The molecule has 1 heterocycles. The fraction of sp³-hybridized carbons (Fsp3) is 0.571. The van der Waals surface area contributed by atoms with Gasteiger partial charge in [0.25, 0.3) is 0 Å². The quantitative estimate of drug-likeness (QED) is 0.592. The standard InChI is InChI=1S/C7H10N4O2/c8-6-9-4(10-11-6)7(5(12)13)2-1-3-7/h1-3H2,(H,12,13)(H3,8,9,10,11). The summed E-state index contributed by atoms with van der Waals surface area (Å²) in [7, 11) is 0. The summed E-state index contributed by atoms with van der Waals surface area (Å²) in [5.41, 5.74) is 4.45. The lowest BCUT2D eigenvalue weighted by Gasteiger charge is -2.34. The number of hydrogen-bond acceptors (Lipinski definition) is 4. The summed E-state index contributed by atoms with van der Waals surface area (Å²) in [5, 5.41) is 15.2. The molecule has 0 aliphatic heterocycles. The molecule has 1 aliphatic rings. The van der Waals surface area contributed by atoms with E-state index in [2.05, 4.69) is 15.2 Å². The Kier molecular flexibility index (Phi) is 1.51. The molecule has 1 aromatic rings. The predicted molar refractivity (Wildman–Crippen MR) is 44.0 cm³/mol. The summed E-state index contributed by atoms with van der Waals surface area (Å²) in [4.78, 5) is 14.8. The predicted octanol–water partition coefficient (Wildman–Crippen LogP) is -0.107. The van der Waals surface area contributed by atoms with Gasteiger partial charge in [0.05, 0.1) is 0 Å². The Morgan fingerprint density at radius 3 is 2.62 bits per heavy atom. The van der Waals surface area contributed by atoms with Crippen LogP contribution in [-0.4, -0.2) is 26.3 Å². The molecule has 6 heteroatoms. The summed E-state index contributed by atoms with van der Waals surface area (Å²) >= 11 is 0. The molecule has 0 amide bonds. The normalized spacial score (nSPS) is 19.4. The average molecular weight is 182 g/mol. The van der Waals surface area contributed by atoms with Crippen molar-refractivity contribution in [3.8, 4) is 0 Å². The summed E-state index contributed by atoms with van der Waals surface area (Å²) in [6.07, 6.45) is 2.13. The molecule has 0 bridgehead atoms. The van der Waals surface area contributed by atoms with Crippen LogP contribution in [0.2, 0.25) is 0 Å². The fourth-order valence-electron chi connectivity index (χ4n) is 1.57. The number of hydrogen-bond donors (Lipinski definition) is 3. The molecule has 0 spiro atoms. The van der Waals surface area contributed by atoms with Crippen LogP contribution in [0, 0.1) is 0 Å². The fourth-order valence-corrected chi connectivity index (χ4v) is 1.57. The van der Waals surface area contributed by atoms with Crippen LogP contribution >= 0.6 is 0 Å². The first kappa shape index (κ1) is 8.03. The molecule has 0 atom stereocenters. The summed E-state index contributed by atoms with van der Waals surface area (Å²) in [6.45, 7) is 0. The number of nitrogens with two attached hydrogens (primary N) is 1. The van der Waals surface area contributed by atoms with E-state index < -0.39 is 11.4 Å². The lowest BCUT2D eigenvalue weighted by Crippen LogP contribution is -2.43. The van der Waals surface area contributed by atoms with Gasteiger partial charge in [-0.25, -0.2) is 0 Å². The van der Waals surface area contributed by atoms with E-state index in [1.165, 1.54) is 0 Å². The molecular weight excluding hydrogens is 172 g/mol. The average Bonchev–Trinajstić information content (AvgIpc) is 2.32. The van der Waals surface area contributed by atoms with Gasteiger partial charge in [-0.15, -0.1) is 5.10 Å². The van der Waals surface area contributed by atoms with Gasteiger partial charge < -0.3 is 10.8 Å². The lowest BCUT2D eigenvalue weighted by atomic mass is 9.68. The number of nitrogens with zero attached hydrogens (tertiary/aromatic N) is 2. The number of nitrogen functional groups attached to an aromatic ring is 1. The molecule has 1 fully saturated rings. The SMILES string of the molecule is Nc1n[nH]c(C2(C(=O)O)CCC2)n1. The van der Waals surface area contributed by atoms with E-state index >= 15 is 0 Å². The van der Waals surface area contributed by atoms with Crippen molar-refractivity contribution < 1.29 is 9.90 Å². The van der Waals surface area contributed by atoms with Crippen LogP contribution in [0.15, 0.2) is 0 Å². The second-order valence-corrected chi connectivity index (χ2v) is 3.28. The second-order valence-electron chi connectivity index (χ2n) is 3.28. The molecule has 0 aromatic carbocycles. The van der Waals surface area contributed by atoms with Crippen molar-refractivity contribution in [2.24, 2.45) is 0 Å². The van der Waals surface area contributed by atoms with E-state index in [-0.39, 0.29) is 5.95 Å². The highest BCUT2D eigenvalue weighted by Crippen LogP contribution is 2.42. The molecule has 0 radical (unpaired) electrons. The number of carboxylic acids is 1. The highest BCUT2D eigenvalue weighted by Gasteiger charge is 2.48. The van der Waals surface area contributed by atoms with Crippen molar-refractivity contribution in [2.75, 3.05) is 5.73 Å². The number of nitrogens with one attached hydrogen (secondary N) is 1. The largest absolute Gasteiger partial charge is 0.480 e. The van der Waals surface area contributed by atoms with Gasteiger partial charge in [-0.2, -0.15) is 4.98 Å². The topological polar surface area (TPSA) is 105 Å². The van der Waals surface area contributed by atoms with E-state index in [4.69, 9.17) is 10.8 Å². The Balaban J connectivity index is 2.37. The van der Waals surface area contributed by atoms with Crippen LogP contribution in [0.1, 0.15) is 25.1 Å². The highest BCUT2D eigenvalue weighted by atomic mass is 16.4. The number of aliphatic carboxylic acids is 1. The number of aromatic nitrogens is 3. The molecule has 13 heavy (non-hydrogen) atoms. The van der Waals surface area contributed by atoms with Crippen molar-refractivity contribution >= 4 is 11.9 Å². The third-order valence-corrected chi connectivity index (χ3v) is 2.57. The van der Waals surface area contributed by atoms with Crippen molar-refractivity contribution in [3.05, 3.63) is 5.82 Å². The Bertz CT molecular complexity index is 342. The molecule has 1 saturated carbocycles. The molecule has 1 aromatic heterocycles. The van der Waals surface area contributed by atoms with Gasteiger partial charge in [-0.05, 0) is 12.8 Å². The minimum absolute atomic E-state index is 0.0996. The molecule has 1 aliphatic carbocycles. The number of carboxylic acid groups (broad SMARTS) is 1. The van der Waals surface area contributed by atoms with Crippen molar-refractivity contribution in [1.82, 2.24) is 15.2 Å². The van der Waals surface area contributed by atoms with Crippen LogP contribution in [0.25, 0.3) is 0 Å². The van der Waals surface area contributed by atoms with E-state index in [1.807, 2.05) is 0 Å². The van der Waals surface area contributed by atoms with Crippen LogP contribution in [0.3, 0.4) is 0 Å². The third kappa shape index (κ3) is 0.980. The Morgan fingerprint density at radius 2 is 2.31 bits per heavy atom. The molecule has 4 N–H and O–H groups in total. The molecule has 0 saturated heterocycles. The monoisotopic (exact) mass is 182 g/mol. The molecule has 6 nitrogen and oxygen atoms in total. The molecule has 2 rings (SSSR count). The first-order valence-corrected chi connectivity index (χ1v) is 4.07. The number of rotatable bonds is 2. The maximum Gasteiger partial charge on any atom is 0.317 e. The smallest absolute Gasteiger partial charge is 0.317 e. The van der Waals surface area contributed by atoms with E-state index in [9.17, 15) is 4.79 Å². The Hall–Kier alpha value is -1.59. The third-order valence-electron chi connectivity index (χ3n) is 2.57. The first-order valence-electron chi connectivity index (χ1n) is 4.07. The molecular formula is C7H10N4O2. The Labute approximate surface area is 74.2 Å². The number of H-pyrrole nitrogens is 1. The highest BCUT2D eigenvalue weighted by molar-refractivity contribution is 5.81. The zero-order chi connectivity index (χ0) is 9.47. The Morgan fingerprint density at radius 1 is 1.62 bits per heavy atom. The zero-order valence-electron chi connectivity index (χ0n) is 6.95. The molecule has 70 valence electrons. The van der Waals surface area contributed by atoms with E-state index in [1.54, 1.807) is 0 Å².